The van der Waals surface area contributed by atoms with Crippen molar-refractivity contribution in [3.8, 4) is 0 Å². The molecule has 0 heterocycles. The van der Waals surface area contributed by atoms with Crippen LogP contribution in [-0.2, 0) is 19.1 Å². The Labute approximate surface area is 129 Å². The molecule has 0 rings (SSSR count). The summed E-state index contributed by atoms with van der Waals surface area (Å²) in [7, 11) is 2.76. The van der Waals surface area contributed by atoms with Gasteiger partial charge in [0.15, 0.2) is 0 Å². The first kappa shape index (κ1) is 19.1. The lowest BCUT2D eigenvalue weighted by Crippen LogP contribution is -2.25. The Balaban J connectivity index is 4.76. The summed E-state index contributed by atoms with van der Waals surface area (Å²) >= 11 is 3.32. The van der Waals surface area contributed by atoms with Gasteiger partial charge in [-0.1, -0.05) is 22.9 Å². The monoisotopic (exact) mass is 349 g/mol. The number of rotatable bonds is 10. The molecule has 0 radical (unpaired) electrons. The van der Waals surface area contributed by atoms with Gasteiger partial charge >= 0.3 is 11.9 Å². The Hall–Kier alpha value is -0.910. The van der Waals surface area contributed by atoms with Crippen LogP contribution < -0.4 is 0 Å². The third kappa shape index (κ3) is 7.62. The Bertz CT molecular complexity index is 311. The van der Waals surface area contributed by atoms with Crippen LogP contribution in [0.5, 0.6) is 0 Å². The van der Waals surface area contributed by atoms with E-state index in [1.807, 2.05) is 13.1 Å². The zero-order valence-electron chi connectivity index (χ0n) is 12.5. The van der Waals surface area contributed by atoms with E-state index in [2.05, 4.69) is 30.4 Å². The number of esters is 2. The summed E-state index contributed by atoms with van der Waals surface area (Å²) in [4.78, 5) is 27.0. The van der Waals surface area contributed by atoms with E-state index in [-0.39, 0.29) is 17.4 Å². The highest BCUT2D eigenvalue weighted by molar-refractivity contribution is 9.09. The molecule has 0 saturated carbocycles. The van der Waals surface area contributed by atoms with Crippen molar-refractivity contribution in [1.29, 1.82) is 0 Å². The second-order valence-corrected chi connectivity index (χ2v) is 5.39. The molecule has 0 spiro atoms. The molecule has 0 fully saturated rings. The molecule has 5 nitrogen and oxygen atoms in total. The molecule has 0 saturated heterocycles. The van der Waals surface area contributed by atoms with Crippen LogP contribution in [0.2, 0.25) is 0 Å². The molecule has 116 valence electrons. The summed E-state index contributed by atoms with van der Waals surface area (Å²) < 4.78 is 9.36. The average Bonchev–Trinajstić information content (AvgIpc) is 2.49. The molecule has 0 N–H and O–H groups in total. The smallest absolute Gasteiger partial charge is 0.305 e. The Morgan fingerprint density at radius 3 is 2.00 bits per heavy atom. The van der Waals surface area contributed by atoms with Crippen molar-refractivity contribution in [2.24, 2.45) is 10.4 Å². The zero-order valence-corrected chi connectivity index (χ0v) is 14.1. The quantitative estimate of drug-likeness (QED) is 0.345. The first-order valence-electron chi connectivity index (χ1n) is 6.74. The van der Waals surface area contributed by atoms with Crippen LogP contribution in [0.4, 0.5) is 0 Å². The summed E-state index contributed by atoms with van der Waals surface area (Å²) in [6.45, 7) is 2.72. The summed E-state index contributed by atoms with van der Waals surface area (Å²) in [5.74, 6) is -0.482. The predicted molar refractivity (Wildman–Crippen MR) is 82.4 cm³/mol. The minimum absolute atomic E-state index is 0.241. The molecule has 0 aliphatic carbocycles. The van der Waals surface area contributed by atoms with E-state index < -0.39 is 0 Å². The van der Waals surface area contributed by atoms with Gasteiger partial charge in [0.25, 0.3) is 0 Å². The van der Waals surface area contributed by atoms with Gasteiger partial charge in [-0.2, -0.15) is 0 Å². The topological polar surface area (TPSA) is 65.0 Å². The van der Waals surface area contributed by atoms with E-state index in [9.17, 15) is 9.59 Å². The molecular formula is C14H24BrNO4. The number of aliphatic imine (C=N–C) groups is 1. The lowest BCUT2D eigenvalue weighted by atomic mass is 9.77. The lowest BCUT2D eigenvalue weighted by molar-refractivity contribution is -0.141. The third-order valence-corrected chi connectivity index (χ3v) is 3.75. The number of methoxy groups -OCH3 is 2. The maximum atomic E-state index is 11.3. The molecule has 6 heteroatoms. The second-order valence-electron chi connectivity index (χ2n) is 4.59. The largest absolute Gasteiger partial charge is 0.469 e. The lowest BCUT2D eigenvalue weighted by Gasteiger charge is -2.28. The third-order valence-electron chi connectivity index (χ3n) is 3.39. The molecule has 0 amide bonds. The van der Waals surface area contributed by atoms with Crippen molar-refractivity contribution >= 4 is 34.1 Å². The summed E-state index contributed by atoms with van der Waals surface area (Å²) in [6.07, 6.45) is 4.60. The number of halogens is 1. The van der Waals surface area contributed by atoms with Crippen molar-refractivity contribution in [3.63, 3.8) is 0 Å². The fourth-order valence-electron chi connectivity index (χ4n) is 1.91. The van der Waals surface area contributed by atoms with Crippen LogP contribution >= 0.6 is 15.9 Å². The number of ether oxygens (including phenoxy) is 2. The van der Waals surface area contributed by atoms with Gasteiger partial charge in [0.2, 0.25) is 0 Å². The highest BCUT2D eigenvalue weighted by Crippen LogP contribution is 2.32. The SMILES string of the molecule is CCC(C=NCCBr)(CCC(=O)OC)CCC(=O)OC. The van der Waals surface area contributed by atoms with Gasteiger partial charge in [0.05, 0.1) is 14.2 Å². The minimum Gasteiger partial charge on any atom is -0.469 e. The van der Waals surface area contributed by atoms with E-state index in [4.69, 9.17) is 0 Å². The molecule has 0 aromatic carbocycles. The van der Waals surface area contributed by atoms with Crippen LogP contribution in [-0.4, -0.2) is 44.2 Å². The van der Waals surface area contributed by atoms with E-state index >= 15 is 0 Å². The van der Waals surface area contributed by atoms with Crippen molar-refractivity contribution in [1.82, 2.24) is 0 Å². The van der Waals surface area contributed by atoms with Gasteiger partial charge in [-0.3, -0.25) is 14.6 Å². The van der Waals surface area contributed by atoms with Crippen molar-refractivity contribution in [3.05, 3.63) is 0 Å². The molecule has 0 bridgehead atoms. The number of carbonyl (C=O) groups excluding carboxylic acids is 2. The van der Waals surface area contributed by atoms with E-state index in [1.165, 1.54) is 14.2 Å². The fraction of sp³-hybridized carbons (Fsp3) is 0.786. The summed E-state index contributed by atoms with van der Waals surface area (Å²) in [5.41, 5.74) is -0.259. The molecular weight excluding hydrogens is 326 g/mol. The zero-order chi connectivity index (χ0) is 15.4. The van der Waals surface area contributed by atoms with Crippen LogP contribution in [0.15, 0.2) is 4.99 Å². The minimum atomic E-state index is -0.259. The van der Waals surface area contributed by atoms with Crippen LogP contribution in [0.25, 0.3) is 0 Å². The van der Waals surface area contributed by atoms with E-state index in [1.54, 1.807) is 0 Å². The maximum Gasteiger partial charge on any atom is 0.305 e. The predicted octanol–water partition coefficient (Wildman–Crippen LogP) is 2.75. The normalized spacial score (nSPS) is 11.6. The highest BCUT2D eigenvalue weighted by Gasteiger charge is 2.28. The number of carbonyl (C=O) groups is 2. The number of hydrogen-bond donors (Lipinski definition) is 0. The van der Waals surface area contributed by atoms with Gasteiger partial charge in [0.1, 0.15) is 0 Å². The average molecular weight is 350 g/mol. The number of nitrogens with zero attached hydrogens (tertiary/aromatic N) is 1. The standard InChI is InChI=1S/C14H24BrNO4/c1-4-14(11-16-10-9-15,7-5-12(17)19-2)8-6-13(18)20-3/h11H,4-10H2,1-3H3. The van der Waals surface area contributed by atoms with Gasteiger partial charge in [-0.15, -0.1) is 0 Å². The maximum absolute atomic E-state index is 11.3. The van der Waals surface area contributed by atoms with Gasteiger partial charge in [-0.25, -0.2) is 0 Å². The molecule has 20 heavy (non-hydrogen) atoms. The molecule has 0 aliphatic rings. The van der Waals surface area contributed by atoms with Crippen LogP contribution in [0.3, 0.4) is 0 Å². The van der Waals surface area contributed by atoms with Crippen LogP contribution in [0, 0.1) is 5.41 Å². The Kier molecular flexibility index (Phi) is 10.3. The molecule has 0 unspecified atom stereocenters. The summed E-state index contributed by atoms with van der Waals surface area (Å²) in [6, 6.07) is 0. The van der Waals surface area contributed by atoms with Crippen molar-refractivity contribution in [2.45, 2.75) is 39.0 Å². The first-order chi connectivity index (χ1) is 9.53. The molecule has 0 aromatic heterocycles. The Morgan fingerprint density at radius 2 is 1.65 bits per heavy atom. The first-order valence-corrected chi connectivity index (χ1v) is 7.86. The molecule has 0 aliphatic heterocycles. The fourth-order valence-corrected chi connectivity index (χ4v) is 2.12. The van der Waals surface area contributed by atoms with Crippen molar-refractivity contribution in [2.75, 3.05) is 26.1 Å². The van der Waals surface area contributed by atoms with Crippen LogP contribution in [0.1, 0.15) is 39.0 Å². The van der Waals surface area contributed by atoms with E-state index in [0.717, 1.165) is 11.8 Å². The molecule has 0 aromatic rings. The van der Waals surface area contributed by atoms with Gasteiger partial charge in [-0.05, 0) is 19.3 Å². The van der Waals surface area contributed by atoms with E-state index in [0.29, 0.717) is 32.2 Å². The number of alkyl halides is 1. The van der Waals surface area contributed by atoms with Crippen molar-refractivity contribution < 1.29 is 19.1 Å². The second kappa shape index (κ2) is 10.8. The Morgan fingerprint density at radius 1 is 1.15 bits per heavy atom. The van der Waals surface area contributed by atoms with Gasteiger partial charge < -0.3 is 9.47 Å². The molecule has 0 atom stereocenters. The number of hydrogen-bond acceptors (Lipinski definition) is 5. The van der Waals surface area contributed by atoms with Gasteiger partial charge in [0, 0.05) is 36.3 Å². The summed E-state index contributed by atoms with van der Waals surface area (Å²) in [5, 5.41) is 0.789. The highest BCUT2D eigenvalue weighted by atomic mass is 79.9.